The lowest BCUT2D eigenvalue weighted by molar-refractivity contribution is 0.112. The van der Waals surface area contributed by atoms with E-state index in [1.54, 1.807) is 0 Å². The van der Waals surface area contributed by atoms with E-state index in [1.165, 1.54) is 68.9 Å². The number of aryl methyl sites for hydroxylation is 2. The Balaban J connectivity index is 2.58. The van der Waals surface area contributed by atoms with Crippen molar-refractivity contribution in [3.63, 3.8) is 0 Å². The van der Waals surface area contributed by atoms with Gasteiger partial charge in [-0.2, -0.15) is 0 Å². The molecule has 20 heavy (non-hydrogen) atoms. The van der Waals surface area contributed by atoms with Crippen LogP contribution < -0.4 is 0 Å². The molecule has 0 aliphatic carbocycles. The molecule has 0 saturated heterocycles. The molecule has 0 spiro atoms. The topological polar surface area (TPSA) is 17.1 Å². The molecule has 0 N–H and O–H groups in total. The number of carbonyl (C=O) groups excluding carboxylic acids is 1. The van der Waals surface area contributed by atoms with Gasteiger partial charge >= 0.3 is 0 Å². The van der Waals surface area contributed by atoms with Gasteiger partial charge in [-0.05, 0) is 42.9 Å². The van der Waals surface area contributed by atoms with Crippen LogP contribution in [0.2, 0.25) is 0 Å². The molecule has 0 amide bonds. The van der Waals surface area contributed by atoms with E-state index in [2.05, 4.69) is 26.0 Å². The highest BCUT2D eigenvalue weighted by atomic mass is 16.1. The summed E-state index contributed by atoms with van der Waals surface area (Å²) in [5, 5.41) is 0. The number of benzene rings is 1. The predicted molar refractivity (Wildman–Crippen MR) is 87.5 cm³/mol. The summed E-state index contributed by atoms with van der Waals surface area (Å²) in [6, 6.07) is 6.25. The van der Waals surface area contributed by atoms with Gasteiger partial charge in [-0.25, -0.2) is 0 Å². The lowest BCUT2D eigenvalue weighted by Crippen LogP contribution is -1.97. The van der Waals surface area contributed by atoms with Gasteiger partial charge in [0.25, 0.3) is 0 Å². The maximum Gasteiger partial charge on any atom is 0.150 e. The van der Waals surface area contributed by atoms with E-state index in [4.69, 9.17) is 0 Å². The third-order valence-electron chi connectivity index (χ3n) is 3.97. The van der Waals surface area contributed by atoms with E-state index in [0.29, 0.717) is 0 Å². The second kappa shape index (κ2) is 10.7. The Morgan fingerprint density at radius 1 is 0.800 bits per heavy atom. The van der Waals surface area contributed by atoms with Crippen LogP contribution in [0, 0.1) is 0 Å². The van der Waals surface area contributed by atoms with Crippen molar-refractivity contribution in [1.82, 2.24) is 0 Å². The summed E-state index contributed by atoms with van der Waals surface area (Å²) in [6.45, 7) is 4.49. The van der Waals surface area contributed by atoms with Crippen LogP contribution in [0.1, 0.15) is 86.7 Å². The SMILES string of the molecule is CCCCCCc1ccc(C=O)cc1CCCCCC. The van der Waals surface area contributed by atoms with Crippen molar-refractivity contribution in [2.75, 3.05) is 0 Å². The van der Waals surface area contributed by atoms with Crippen molar-refractivity contribution in [2.45, 2.75) is 78.1 Å². The van der Waals surface area contributed by atoms with Gasteiger partial charge < -0.3 is 0 Å². The Morgan fingerprint density at radius 2 is 1.40 bits per heavy atom. The van der Waals surface area contributed by atoms with Crippen molar-refractivity contribution < 1.29 is 4.79 Å². The number of hydrogen-bond donors (Lipinski definition) is 0. The number of aldehydes is 1. The quantitative estimate of drug-likeness (QED) is 0.371. The minimum absolute atomic E-state index is 0.827. The maximum absolute atomic E-state index is 10.9. The zero-order chi connectivity index (χ0) is 14.6. The van der Waals surface area contributed by atoms with Gasteiger partial charge in [-0.15, -0.1) is 0 Å². The summed E-state index contributed by atoms with van der Waals surface area (Å²) in [7, 11) is 0. The molecule has 0 radical (unpaired) electrons. The summed E-state index contributed by atoms with van der Waals surface area (Å²) in [5.41, 5.74) is 3.69. The molecular weight excluding hydrogens is 244 g/mol. The average Bonchev–Trinajstić information content (AvgIpc) is 2.49. The fourth-order valence-corrected chi connectivity index (χ4v) is 2.68. The molecule has 1 heteroatoms. The first-order valence-electron chi connectivity index (χ1n) is 8.38. The minimum atomic E-state index is 0.827. The highest BCUT2D eigenvalue weighted by Gasteiger charge is 2.04. The molecule has 0 unspecified atom stereocenters. The van der Waals surface area contributed by atoms with Crippen molar-refractivity contribution in [3.05, 3.63) is 34.9 Å². The first-order chi connectivity index (χ1) is 9.81. The van der Waals surface area contributed by atoms with E-state index in [0.717, 1.165) is 18.3 Å². The Hall–Kier alpha value is -1.11. The van der Waals surface area contributed by atoms with Gasteiger partial charge in [-0.3, -0.25) is 4.79 Å². The van der Waals surface area contributed by atoms with Gasteiger partial charge in [0.2, 0.25) is 0 Å². The van der Waals surface area contributed by atoms with Crippen LogP contribution in [-0.2, 0) is 12.8 Å². The summed E-state index contributed by atoms with van der Waals surface area (Å²) in [4.78, 5) is 10.9. The molecule has 0 aliphatic heterocycles. The van der Waals surface area contributed by atoms with Gasteiger partial charge in [0.15, 0.2) is 0 Å². The molecule has 0 bridgehead atoms. The van der Waals surface area contributed by atoms with Crippen LogP contribution in [-0.4, -0.2) is 6.29 Å². The molecule has 0 saturated carbocycles. The van der Waals surface area contributed by atoms with Crippen LogP contribution in [0.15, 0.2) is 18.2 Å². The van der Waals surface area contributed by atoms with Crippen LogP contribution in [0.4, 0.5) is 0 Å². The third-order valence-corrected chi connectivity index (χ3v) is 3.97. The van der Waals surface area contributed by atoms with Gasteiger partial charge in [0, 0.05) is 5.56 Å². The zero-order valence-electron chi connectivity index (χ0n) is 13.3. The van der Waals surface area contributed by atoms with Crippen molar-refractivity contribution in [1.29, 1.82) is 0 Å². The Morgan fingerprint density at radius 3 is 1.95 bits per heavy atom. The lowest BCUT2D eigenvalue weighted by atomic mass is 9.95. The normalized spacial score (nSPS) is 10.7. The summed E-state index contributed by atoms with van der Waals surface area (Å²) in [6.07, 6.45) is 13.6. The van der Waals surface area contributed by atoms with Crippen LogP contribution in [0.5, 0.6) is 0 Å². The Labute approximate surface area is 124 Å². The highest BCUT2D eigenvalue weighted by Crippen LogP contribution is 2.18. The van der Waals surface area contributed by atoms with Crippen LogP contribution >= 0.6 is 0 Å². The molecule has 1 nitrogen and oxygen atoms in total. The first-order valence-corrected chi connectivity index (χ1v) is 8.38. The Kier molecular flexibility index (Phi) is 9.02. The standard InChI is InChI=1S/C19H30O/c1-3-5-7-9-11-18-14-13-17(16-20)15-19(18)12-10-8-6-4-2/h13-16H,3-12H2,1-2H3. The smallest absolute Gasteiger partial charge is 0.150 e. The van der Waals surface area contributed by atoms with Crippen molar-refractivity contribution >= 4 is 6.29 Å². The molecule has 0 fully saturated rings. The zero-order valence-corrected chi connectivity index (χ0v) is 13.3. The second-order valence-electron chi connectivity index (χ2n) is 5.77. The predicted octanol–water partition coefficient (Wildman–Crippen LogP) is 5.74. The molecule has 1 aromatic rings. The molecule has 112 valence electrons. The fraction of sp³-hybridized carbons (Fsp3) is 0.632. The third kappa shape index (κ3) is 6.36. The average molecular weight is 274 g/mol. The fourth-order valence-electron chi connectivity index (χ4n) is 2.68. The molecule has 0 heterocycles. The highest BCUT2D eigenvalue weighted by molar-refractivity contribution is 5.75. The summed E-state index contributed by atoms with van der Waals surface area (Å²) in [5.74, 6) is 0. The second-order valence-corrected chi connectivity index (χ2v) is 5.77. The van der Waals surface area contributed by atoms with Gasteiger partial charge in [-0.1, -0.05) is 64.5 Å². The van der Waals surface area contributed by atoms with E-state index in [-0.39, 0.29) is 0 Å². The maximum atomic E-state index is 10.9. The van der Waals surface area contributed by atoms with Gasteiger partial charge in [0.05, 0.1) is 0 Å². The molecule has 0 atom stereocenters. The number of hydrogen-bond acceptors (Lipinski definition) is 1. The number of unbranched alkanes of at least 4 members (excludes halogenated alkanes) is 6. The monoisotopic (exact) mass is 274 g/mol. The van der Waals surface area contributed by atoms with Crippen molar-refractivity contribution in [2.24, 2.45) is 0 Å². The van der Waals surface area contributed by atoms with E-state index in [1.807, 2.05) is 6.07 Å². The molecule has 1 rings (SSSR count). The number of rotatable bonds is 11. The van der Waals surface area contributed by atoms with Gasteiger partial charge in [0.1, 0.15) is 6.29 Å². The molecule has 0 aromatic heterocycles. The lowest BCUT2D eigenvalue weighted by Gasteiger charge is -2.10. The number of carbonyl (C=O) groups is 1. The van der Waals surface area contributed by atoms with Crippen LogP contribution in [0.25, 0.3) is 0 Å². The Bertz CT molecular complexity index is 381. The molecule has 0 aliphatic rings. The summed E-state index contributed by atoms with van der Waals surface area (Å²) < 4.78 is 0. The van der Waals surface area contributed by atoms with Crippen LogP contribution in [0.3, 0.4) is 0 Å². The van der Waals surface area contributed by atoms with Crippen molar-refractivity contribution in [3.8, 4) is 0 Å². The molecular formula is C19H30O. The molecule has 1 aromatic carbocycles. The van der Waals surface area contributed by atoms with E-state index in [9.17, 15) is 4.79 Å². The van der Waals surface area contributed by atoms with E-state index < -0.39 is 0 Å². The van der Waals surface area contributed by atoms with E-state index >= 15 is 0 Å². The minimum Gasteiger partial charge on any atom is -0.298 e. The first kappa shape index (κ1) is 16.9. The summed E-state index contributed by atoms with van der Waals surface area (Å²) >= 11 is 0. The largest absolute Gasteiger partial charge is 0.298 e.